The maximum atomic E-state index is 12.2. The number of rotatable bonds is 6. The maximum absolute atomic E-state index is 12.2. The highest BCUT2D eigenvalue weighted by Gasteiger charge is 2.28. The van der Waals surface area contributed by atoms with Gasteiger partial charge < -0.3 is 14.2 Å². The molecule has 7 heteroatoms. The Morgan fingerprint density at radius 2 is 1.42 bits per heavy atom. The second-order valence-corrected chi connectivity index (χ2v) is 5.47. The third-order valence-corrected chi connectivity index (χ3v) is 3.78. The summed E-state index contributed by atoms with van der Waals surface area (Å²) < 4.78 is 44.5. The molecule has 0 bridgehead atoms. The fourth-order valence-electron chi connectivity index (χ4n) is 1.52. The van der Waals surface area contributed by atoms with Gasteiger partial charge in [0.2, 0.25) is 0 Å². The van der Waals surface area contributed by atoms with Crippen LogP contribution in [-0.2, 0) is 14.3 Å². The summed E-state index contributed by atoms with van der Waals surface area (Å²) in [5.74, 6) is 0.644. The summed E-state index contributed by atoms with van der Waals surface area (Å²) in [4.78, 5) is -0.146. The van der Waals surface area contributed by atoms with Crippen LogP contribution in [0.1, 0.15) is 13.8 Å². The van der Waals surface area contributed by atoms with Gasteiger partial charge >= 0.3 is 10.1 Å². The van der Waals surface area contributed by atoms with Crippen molar-refractivity contribution in [3.63, 3.8) is 0 Å². The van der Waals surface area contributed by atoms with E-state index >= 15 is 0 Å². The first kappa shape index (κ1) is 15.6. The Kier molecular flexibility index (Phi) is 5.02. The number of benzene rings is 1. The van der Waals surface area contributed by atoms with Crippen LogP contribution >= 0.6 is 0 Å². The smallest absolute Gasteiger partial charge is 0.304 e. The van der Waals surface area contributed by atoms with Crippen LogP contribution in [0.4, 0.5) is 0 Å². The summed E-state index contributed by atoms with van der Waals surface area (Å²) in [5, 5.41) is 0. The molecule has 0 amide bonds. The maximum Gasteiger partial charge on any atom is 0.304 e. The van der Waals surface area contributed by atoms with Gasteiger partial charge in [0.15, 0.2) is 4.90 Å². The molecule has 108 valence electrons. The van der Waals surface area contributed by atoms with Gasteiger partial charge in [0.05, 0.1) is 27.4 Å². The third-order valence-electron chi connectivity index (χ3n) is 2.24. The van der Waals surface area contributed by atoms with Crippen molar-refractivity contribution in [1.82, 2.24) is 0 Å². The molecule has 0 spiro atoms. The molecule has 0 aliphatic rings. The normalized spacial score (nSPS) is 11.5. The zero-order valence-corrected chi connectivity index (χ0v) is 12.4. The largest absolute Gasteiger partial charge is 0.496 e. The molecule has 6 nitrogen and oxygen atoms in total. The van der Waals surface area contributed by atoms with Gasteiger partial charge in [-0.25, -0.2) is 0 Å². The predicted octanol–water partition coefficient (Wildman–Crippen LogP) is 1.83. The molecule has 0 saturated carbocycles. The van der Waals surface area contributed by atoms with Gasteiger partial charge in [-0.15, -0.1) is 0 Å². The molecule has 0 N–H and O–H groups in total. The summed E-state index contributed by atoms with van der Waals surface area (Å²) in [7, 11) is 0.217. The van der Waals surface area contributed by atoms with Crippen molar-refractivity contribution < 1.29 is 26.8 Å². The van der Waals surface area contributed by atoms with E-state index in [9.17, 15) is 8.42 Å². The Morgan fingerprint density at radius 3 is 1.74 bits per heavy atom. The fourth-order valence-corrected chi connectivity index (χ4v) is 2.90. The van der Waals surface area contributed by atoms with Crippen molar-refractivity contribution in [2.24, 2.45) is 0 Å². The quantitative estimate of drug-likeness (QED) is 0.744. The standard InChI is InChI=1S/C12H18O6S/c1-8(2)18-19(13,14)12-10(16-4)6-9(15-3)7-11(12)17-5/h6-8H,1-5H3. The van der Waals surface area contributed by atoms with Gasteiger partial charge in [-0.2, -0.15) is 8.42 Å². The van der Waals surface area contributed by atoms with Crippen LogP contribution in [0.25, 0.3) is 0 Å². The summed E-state index contributed by atoms with van der Waals surface area (Å²) in [5.41, 5.74) is 0. The number of hydrogen-bond acceptors (Lipinski definition) is 6. The first-order chi connectivity index (χ1) is 8.85. The van der Waals surface area contributed by atoms with Crippen molar-refractivity contribution in [1.29, 1.82) is 0 Å². The van der Waals surface area contributed by atoms with Crippen molar-refractivity contribution in [3.05, 3.63) is 12.1 Å². The Morgan fingerprint density at radius 1 is 0.947 bits per heavy atom. The van der Waals surface area contributed by atoms with Gasteiger partial charge in [0.1, 0.15) is 17.2 Å². The van der Waals surface area contributed by atoms with Gasteiger partial charge in [-0.3, -0.25) is 4.18 Å². The Hall–Kier alpha value is -1.47. The molecule has 0 heterocycles. The van der Waals surface area contributed by atoms with Crippen LogP contribution in [0.3, 0.4) is 0 Å². The van der Waals surface area contributed by atoms with Gasteiger partial charge in [0, 0.05) is 12.1 Å². The van der Waals surface area contributed by atoms with Gasteiger partial charge in [-0.05, 0) is 13.8 Å². The van der Waals surface area contributed by atoms with E-state index in [2.05, 4.69) is 0 Å². The monoisotopic (exact) mass is 290 g/mol. The summed E-state index contributed by atoms with van der Waals surface area (Å²) >= 11 is 0. The van der Waals surface area contributed by atoms with Crippen LogP contribution in [-0.4, -0.2) is 35.9 Å². The van der Waals surface area contributed by atoms with E-state index in [4.69, 9.17) is 18.4 Å². The lowest BCUT2D eigenvalue weighted by Gasteiger charge is -2.16. The lowest BCUT2D eigenvalue weighted by molar-refractivity contribution is 0.245. The Balaban J connectivity index is 3.48. The van der Waals surface area contributed by atoms with Crippen LogP contribution < -0.4 is 14.2 Å². The SMILES string of the molecule is COc1cc(OC)c(S(=O)(=O)OC(C)C)c(OC)c1. The average Bonchev–Trinajstić information content (AvgIpc) is 2.35. The second kappa shape index (κ2) is 6.12. The minimum atomic E-state index is -3.98. The average molecular weight is 290 g/mol. The van der Waals surface area contributed by atoms with E-state index in [1.165, 1.54) is 33.5 Å². The molecule has 0 aliphatic carbocycles. The molecule has 0 atom stereocenters. The summed E-state index contributed by atoms with van der Waals surface area (Å²) in [6.45, 7) is 3.25. The molecule has 1 aromatic carbocycles. The number of methoxy groups -OCH3 is 3. The van der Waals surface area contributed by atoms with Gasteiger partial charge in [-0.1, -0.05) is 0 Å². The zero-order chi connectivity index (χ0) is 14.6. The van der Waals surface area contributed by atoms with E-state index in [0.29, 0.717) is 5.75 Å². The summed E-state index contributed by atoms with van der Waals surface area (Å²) in [6, 6.07) is 2.91. The number of ether oxygens (including phenoxy) is 3. The minimum Gasteiger partial charge on any atom is -0.496 e. The minimum absolute atomic E-state index is 0.108. The Labute approximate surface area is 113 Å². The summed E-state index contributed by atoms with van der Waals surface area (Å²) in [6.07, 6.45) is -0.485. The highest BCUT2D eigenvalue weighted by molar-refractivity contribution is 7.87. The molecule has 19 heavy (non-hydrogen) atoms. The van der Waals surface area contributed by atoms with E-state index in [-0.39, 0.29) is 16.4 Å². The van der Waals surface area contributed by atoms with E-state index in [1.807, 2.05) is 0 Å². The fraction of sp³-hybridized carbons (Fsp3) is 0.500. The molecule has 0 fully saturated rings. The molecule has 1 aromatic rings. The molecule has 0 aromatic heterocycles. The van der Waals surface area contributed by atoms with Crippen molar-refractivity contribution in [3.8, 4) is 17.2 Å². The van der Waals surface area contributed by atoms with E-state index < -0.39 is 16.2 Å². The Bertz CT molecular complexity index is 510. The van der Waals surface area contributed by atoms with Crippen LogP contribution in [0.5, 0.6) is 17.2 Å². The van der Waals surface area contributed by atoms with Gasteiger partial charge in [0.25, 0.3) is 0 Å². The zero-order valence-electron chi connectivity index (χ0n) is 11.6. The first-order valence-electron chi connectivity index (χ1n) is 5.59. The molecular formula is C12H18O6S. The van der Waals surface area contributed by atoms with Crippen LogP contribution in [0.15, 0.2) is 17.0 Å². The van der Waals surface area contributed by atoms with Crippen molar-refractivity contribution in [2.75, 3.05) is 21.3 Å². The lowest BCUT2D eigenvalue weighted by Crippen LogP contribution is -2.14. The second-order valence-electron chi connectivity index (χ2n) is 3.96. The third kappa shape index (κ3) is 3.51. The van der Waals surface area contributed by atoms with Crippen LogP contribution in [0.2, 0.25) is 0 Å². The van der Waals surface area contributed by atoms with E-state index in [1.54, 1.807) is 13.8 Å². The predicted molar refractivity (Wildman–Crippen MR) is 69.5 cm³/mol. The highest BCUT2D eigenvalue weighted by Crippen LogP contribution is 2.38. The molecule has 0 aliphatic heterocycles. The molecule has 0 saturated heterocycles. The lowest BCUT2D eigenvalue weighted by atomic mass is 10.3. The number of hydrogen-bond donors (Lipinski definition) is 0. The molecule has 0 unspecified atom stereocenters. The molecule has 0 radical (unpaired) electrons. The molecule has 1 rings (SSSR count). The van der Waals surface area contributed by atoms with Crippen molar-refractivity contribution in [2.45, 2.75) is 24.8 Å². The first-order valence-corrected chi connectivity index (χ1v) is 6.99. The van der Waals surface area contributed by atoms with Crippen LogP contribution in [0, 0.1) is 0 Å². The van der Waals surface area contributed by atoms with E-state index in [0.717, 1.165) is 0 Å². The highest BCUT2D eigenvalue weighted by atomic mass is 32.2. The van der Waals surface area contributed by atoms with Crippen molar-refractivity contribution >= 4 is 10.1 Å². The molecular weight excluding hydrogens is 272 g/mol. The topological polar surface area (TPSA) is 71.1 Å².